The Hall–Kier alpha value is -3.68. The van der Waals surface area contributed by atoms with Crippen LogP contribution in [0.4, 0.5) is 0 Å². The van der Waals surface area contributed by atoms with Gasteiger partial charge < -0.3 is 14.5 Å². The van der Waals surface area contributed by atoms with Crippen molar-refractivity contribution in [2.24, 2.45) is 0 Å². The lowest BCUT2D eigenvalue weighted by Gasteiger charge is -2.34. The number of benzene rings is 2. The number of methoxy groups -OCH3 is 1. The van der Waals surface area contributed by atoms with E-state index < -0.39 is 0 Å². The molecule has 0 unspecified atom stereocenters. The average molecular weight is 392 g/mol. The molecule has 1 saturated heterocycles. The number of piperazine rings is 1. The van der Waals surface area contributed by atoms with E-state index in [0.29, 0.717) is 48.3 Å². The van der Waals surface area contributed by atoms with E-state index in [-0.39, 0.29) is 23.1 Å². The Morgan fingerprint density at radius 3 is 2.28 bits per heavy atom. The molecule has 2 aromatic carbocycles. The normalized spacial score (nSPS) is 14.1. The van der Waals surface area contributed by atoms with Gasteiger partial charge in [0.05, 0.1) is 12.5 Å². The Balaban J connectivity index is 1.49. The van der Waals surface area contributed by atoms with Gasteiger partial charge >= 0.3 is 0 Å². The van der Waals surface area contributed by atoms with Crippen LogP contribution in [0, 0.1) is 0 Å². The van der Waals surface area contributed by atoms with Crippen LogP contribution >= 0.6 is 0 Å². The number of amides is 2. The largest absolute Gasteiger partial charge is 0.497 e. The lowest BCUT2D eigenvalue weighted by Crippen LogP contribution is -2.50. The van der Waals surface area contributed by atoms with E-state index >= 15 is 0 Å². The highest BCUT2D eigenvalue weighted by Gasteiger charge is 2.27. The minimum Gasteiger partial charge on any atom is -0.497 e. The molecule has 1 fully saturated rings. The molecule has 1 aliphatic heterocycles. The van der Waals surface area contributed by atoms with Gasteiger partial charge in [-0.15, -0.1) is 0 Å². The topological polar surface area (TPSA) is 95.6 Å². The maximum Gasteiger partial charge on any atom is 0.275 e. The van der Waals surface area contributed by atoms with Crippen LogP contribution in [-0.2, 0) is 0 Å². The molecule has 4 rings (SSSR count). The third kappa shape index (κ3) is 3.56. The molecule has 0 radical (unpaired) electrons. The van der Waals surface area contributed by atoms with Crippen molar-refractivity contribution in [3.63, 3.8) is 0 Å². The van der Waals surface area contributed by atoms with Gasteiger partial charge in [0.2, 0.25) is 0 Å². The van der Waals surface area contributed by atoms with E-state index in [1.807, 2.05) is 0 Å². The number of carbonyl (C=O) groups is 2. The molecule has 0 atom stereocenters. The molecule has 148 valence electrons. The summed E-state index contributed by atoms with van der Waals surface area (Å²) in [7, 11) is 1.56. The summed E-state index contributed by atoms with van der Waals surface area (Å²) >= 11 is 0. The number of aromatic nitrogens is 2. The standard InChI is InChI=1S/C21H20N4O4/c1-29-15-6-4-5-14(13-15)20(27)24-9-11-25(12-10-24)21(28)18-16-7-2-3-8-17(16)19(26)23-22-18/h2-8,13H,9-12H2,1H3,(H,23,26). The number of ether oxygens (including phenoxy) is 1. The number of rotatable bonds is 3. The van der Waals surface area contributed by atoms with Crippen LogP contribution in [0.3, 0.4) is 0 Å². The quantitative estimate of drug-likeness (QED) is 0.729. The molecule has 8 nitrogen and oxygen atoms in total. The molecule has 2 amide bonds. The van der Waals surface area contributed by atoms with Gasteiger partial charge in [-0.3, -0.25) is 14.4 Å². The van der Waals surface area contributed by atoms with Gasteiger partial charge in [0, 0.05) is 37.1 Å². The van der Waals surface area contributed by atoms with Crippen molar-refractivity contribution in [1.29, 1.82) is 0 Å². The molecule has 1 N–H and O–H groups in total. The van der Waals surface area contributed by atoms with Gasteiger partial charge in [-0.2, -0.15) is 5.10 Å². The number of H-pyrrole nitrogens is 1. The highest BCUT2D eigenvalue weighted by molar-refractivity contribution is 6.04. The van der Waals surface area contributed by atoms with Crippen LogP contribution in [-0.4, -0.2) is 65.1 Å². The molecular formula is C21H20N4O4. The van der Waals surface area contributed by atoms with Gasteiger partial charge in [0.1, 0.15) is 5.75 Å². The highest BCUT2D eigenvalue weighted by atomic mass is 16.5. The van der Waals surface area contributed by atoms with Crippen LogP contribution in [0.5, 0.6) is 5.75 Å². The number of hydrogen-bond acceptors (Lipinski definition) is 5. The first-order valence-corrected chi connectivity index (χ1v) is 9.28. The second-order valence-electron chi connectivity index (χ2n) is 6.76. The predicted octanol–water partition coefficient (Wildman–Crippen LogP) is 1.53. The maximum atomic E-state index is 13.0. The first-order chi connectivity index (χ1) is 14.1. The van der Waals surface area contributed by atoms with Crippen molar-refractivity contribution in [3.8, 4) is 5.75 Å². The molecule has 29 heavy (non-hydrogen) atoms. The second kappa shape index (κ2) is 7.75. The zero-order valence-corrected chi connectivity index (χ0v) is 15.9. The summed E-state index contributed by atoms with van der Waals surface area (Å²) in [5, 5.41) is 7.32. The van der Waals surface area contributed by atoms with Crippen LogP contribution in [0.2, 0.25) is 0 Å². The number of aromatic amines is 1. The maximum absolute atomic E-state index is 13.0. The van der Waals surface area contributed by atoms with E-state index in [0.717, 1.165) is 0 Å². The zero-order chi connectivity index (χ0) is 20.4. The summed E-state index contributed by atoms with van der Waals surface area (Å²) in [6.07, 6.45) is 0. The number of carbonyl (C=O) groups excluding carboxylic acids is 2. The summed E-state index contributed by atoms with van der Waals surface area (Å²) in [5.74, 6) is 0.273. The fourth-order valence-corrected chi connectivity index (χ4v) is 3.48. The van der Waals surface area contributed by atoms with E-state index in [1.165, 1.54) is 0 Å². The first kappa shape index (κ1) is 18.7. The molecular weight excluding hydrogens is 372 g/mol. The molecule has 0 bridgehead atoms. The van der Waals surface area contributed by atoms with Crippen molar-refractivity contribution < 1.29 is 14.3 Å². The summed E-state index contributed by atoms with van der Waals surface area (Å²) < 4.78 is 5.18. The van der Waals surface area contributed by atoms with Gasteiger partial charge in [-0.1, -0.05) is 24.3 Å². The third-order valence-corrected chi connectivity index (χ3v) is 5.07. The Kier molecular flexibility index (Phi) is 4.99. The number of nitrogens with zero attached hydrogens (tertiary/aromatic N) is 3. The Morgan fingerprint density at radius 1 is 0.931 bits per heavy atom. The summed E-state index contributed by atoms with van der Waals surface area (Å²) in [5.41, 5.74) is 0.441. The van der Waals surface area contributed by atoms with Crippen LogP contribution in [0.1, 0.15) is 20.8 Å². The third-order valence-electron chi connectivity index (χ3n) is 5.07. The lowest BCUT2D eigenvalue weighted by molar-refractivity contribution is 0.0532. The monoisotopic (exact) mass is 392 g/mol. The summed E-state index contributed by atoms with van der Waals surface area (Å²) in [6.45, 7) is 1.62. The van der Waals surface area contributed by atoms with Crippen molar-refractivity contribution in [1.82, 2.24) is 20.0 Å². The van der Waals surface area contributed by atoms with E-state index in [4.69, 9.17) is 4.74 Å². The average Bonchev–Trinajstić information content (AvgIpc) is 2.79. The predicted molar refractivity (Wildman–Crippen MR) is 107 cm³/mol. The summed E-state index contributed by atoms with van der Waals surface area (Å²) in [6, 6.07) is 13.9. The smallest absolute Gasteiger partial charge is 0.275 e. The second-order valence-corrected chi connectivity index (χ2v) is 6.76. The van der Waals surface area contributed by atoms with Crippen LogP contribution in [0.15, 0.2) is 53.3 Å². The molecule has 0 aliphatic carbocycles. The Labute approximate surface area is 166 Å². The fraction of sp³-hybridized carbons (Fsp3) is 0.238. The molecule has 1 aromatic heterocycles. The SMILES string of the molecule is COc1cccc(C(=O)N2CCN(C(=O)c3n[nH]c(=O)c4ccccc34)CC2)c1. The highest BCUT2D eigenvalue weighted by Crippen LogP contribution is 2.18. The van der Waals surface area contributed by atoms with Gasteiger partial charge in [0.25, 0.3) is 17.4 Å². The molecule has 0 spiro atoms. The van der Waals surface area contributed by atoms with Gasteiger partial charge in [-0.05, 0) is 24.3 Å². The van der Waals surface area contributed by atoms with E-state index in [9.17, 15) is 14.4 Å². The fourth-order valence-electron chi connectivity index (χ4n) is 3.48. The minimum absolute atomic E-state index is 0.0939. The number of hydrogen-bond donors (Lipinski definition) is 1. The molecule has 2 heterocycles. The van der Waals surface area contributed by atoms with E-state index in [2.05, 4.69) is 10.2 Å². The molecule has 1 aliphatic rings. The summed E-state index contributed by atoms with van der Waals surface area (Å²) in [4.78, 5) is 41.0. The molecule has 3 aromatic rings. The van der Waals surface area contributed by atoms with Gasteiger partial charge in [0.15, 0.2) is 5.69 Å². The Morgan fingerprint density at radius 2 is 1.59 bits per heavy atom. The van der Waals surface area contributed by atoms with Gasteiger partial charge in [-0.25, -0.2) is 5.10 Å². The van der Waals surface area contributed by atoms with Crippen LogP contribution < -0.4 is 10.3 Å². The van der Waals surface area contributed by atoms with E-state index in [1.54, 1.807) is 65.4 Å². The number of fused-ring (bicyclic) bond motifs is 1. The van der Waals surface area contributed by atoms with Crippen LogP contribution in [0.25, 0.3) is 10.8 Å². The van der Waals surface area contributed by atoms with Crippen molar-refractivity contribution in [3.05, 3.63) is 70.1 Å². The van der Waals surface area contributed by atoms with Crippen molar-refractivity contribution in [2.75, 3.05) is 33.3 Å². The first-order valence-electron chi connectivity index (χ1n) is 9.28. The zero-order valence-electron chi connectivity index (χ0n) is 15.9. The number of nitrogens with one attached hydrogen (secondary N) is 1. The Bertz CT molecular complexity index is 1130. The lowest BCUT2D eigenvalue weighted by atomic mass is 10.1. The van der Waals surface area contributed by atoms with Crippen molar-refractivity contribution >= 4 is 22.6 Å². The molecule has 0 saturated carbocycles. The minimum atomic E-state index is -0.328. The van der Waals surface area contributed by atoms with Crippen molar-refractivity contribution in [2.45, 2.75) is 0 Å². The molecule has 8 heteroatoms.